The summed E-state index contributed by atoms with van der Waals surface area (Å²) in [4.78, 5) is 39.5. The van der Waals surface area contributed by atoms with E-state index in [0.29, 0.717) is 39.3 Å². The summed E-state index contributed by atoms with van der Waals surface area (Å²) < 4.78 is 17.3. The number of rotatable bonds is 11. The first-order valence-corrected chi connectivity index (χ1v) is 14.2. The fraction of sp³-hybridized carbons (Fsp3) is 0.258. The molecule has 0 saturated carbocycles. The van der Waals surface area contributed by atoms with Crippen LogP contribution in [0.1, 0.15) is 29.2 Å². The van der Waals surface area contributed by atoms with Crippen LogP contribution in [-0.2, 0) is 9.59 Å². The van der Waals surface area contributed by atoms with E-state index in [2.05, 4.69) is 5.32 Å². The van der Waals surface area contributed by atoms with Crippen molar-refractivity contribution in [3.8, 4) is 17.2 Å². The highest BCUT2D eigenvalue weighted by Crippen LogP contribution is 2.35. The third-order valence-electron chi connectivity index (χ3n) is 6.17. The van der Waals surface area contributed by atoms with Gasteiger partial charge in [-0.1, -0.05) is 35.9 Å². The van der Waals surface area contributed by atoms with Gasteiger partial charge in [0.15, 0.2) is 18.1 Å². The van der Waals surface area contributed by atoms with Gasteiger partial charge in [-0.2, -0.15) is 0 Å². The van der Waals surface area contributed by atoms with Gasteiger partial charge in [0.2, 0.25) is 0 Å². The molecule has 1 aliphatic rings. The second-order valence-corrected chi connectivity index (χ2v) is 10.8. The number of nitrogens with zero attached hydrogens (tertiary/aromatic N) is 1. The minimum absolute atomic E-state index is 0.142. The zero-order valence-electron chi connectivity index (χ0n) is 23.3. The van der Waals surface area contributed by atoms with Crippen molar-refractivity contribution in [1.29, 1.82) is 0 Å². The summed E-state index contributed by atoms with van der Waals surface area (Å²) in [5, 5.41) is 2.96. The number of carbonyl (C=O) groups excluding carboxylic acids is 3. The third-order valence-corrected chi connectivity index (χ3v) is 7.48. The van der Waals surface area contributed by atoms with Gasteiger partial charge in [0.25, 0.3) is 17.1 Å². The normalized spacial score (nSPS) is 14.0. The predicted molar refractivity (Wildman–Crippen MR) is 162 cm³/mol. The van der Waals surface area contributed by atoms with Gasteiger partial charge in [0.05, 0.1) is 18.1 Å². The highest BCUT2D eigenvalue weighted by atomic mass is 35.5. The van der Waals surface area contributed by atoms with Gasteiger partial charge >= 0.3 is 0 Å². The second-order valence-electron chi connectivity index (χ2n) is 9.39. The Labute approximate surface area is 248 Å². The number of hydrogen-bond donors (Lipinski definition) is 1. The molecule has 3 aromatic rings. The summed E-state index contributed by atoms with van der Waals surface area (Å²) in [7, 11) is 0. The Morgan fingerprint density at radius 1 is 0.927 bits per heavy atom. The van der Waals surface area contributed by atoms with Crippen LogP contribution in [0.4, 0.5) is 10.5 Å². The van der Waals surface area contributed by atoms with Gasteiger partial charge in [-0.15, -0.1) is 0 Å². The molecule has 0 spiro atoms. The number of halogens is 1. The van der Waals surface area contributed by atoms with Crippen LogP contribution >= 0.6 is 23.4 Å². The van der Waals surface area contributed by atoms with Crippen molar-refractivity contribution in [2.75, 3.05) is 31.7 Å². The van der Waals surface area contributed by atoms with Gasteiger partial charge in [-0.25, -0.2) is 0 Å². The number of carbonyl (C=O) groups is 3. The van der Waals surface area contributed by atoms with Gasteiger partial charge in [-0.3, -0.25) is 19.3 Å². The average Bonchev–Trinajstić information content (AvgIpc) is 3.19. The minimum Gasteiger partial charge on any atom is -0.491 e. The summed E-state index contributed by atoms with van der Waals surface area (Å²) in [5.41, 5.74) is 4.18. The van der Waals surface area contributed by atoms with Crippen LogP contribution in [0.15, 0.2) is 59.5 Å². The summed E-state index contributed by atoms with van der Waals surface area (Å²) >= 11 is 7.01. The number of thioether (sulfide) groups is 1. The lowest BCUT2D eigenvalue weighted by molar-refractivity contribution is -0.123. The van der Waals surface area contributed by atoms with E-state index in [9.17, 15) is 14.4 Å². The molecule has 0 bridgehead atoms. The standard InChI is InChI=1S/C31H31ClN2O6S/c1-5-38-27-15-22(9-11-25(27)40-18-29(35)33-23-10-8-20(3)24(32)17-23)16-28-30(36)34(31(37)41-28)12-13-39-26-14-19(2)6-7-21(26)4/h6-11,14-17H,5,12-13,18H2,1-4H3,(H,33,35)/b28-16-. The molecular formula is C31H31ClN2O6S. The predicted octanol–water partition coefficient (Wildman–Crippen LogP) is 6.80. The number of hydrogen-bond acceptors (Lipinski definition) is 7. The first-order chi connectivity index (χ1) is 19.6. The first-order valence-electron chi connectivity index (χ1n) is 13.1. The molecule has 4 rings (SSSR count). The average molecular weight is 595 g/mol. The van der Waals surface area contributed by atoms with E-state index in [1.165, 1.54) is 4.90 Å². The molecule has 8 nitrogen and oxygen atoms in total. The Morgan fingerprint density at radius 2 is 1.71 bits per heavy atom. The van der Waals surface area contributed by atoms with E-state index in [-0.39, 0.29) is 36.8 Å². The molecular weight excluding hydrogens is 564 g/mol. The van der Waals surface area contributed by atoms with Crippen LogP contribution in [0.25, 0.3) is 6.08 Å². The zero-order chi connectivity index (χ0) is 29.5. The molecule has 0 aromatic heterocycles. The second kappa shape index (κ2) is 13.6. The van der Waals surface area contributed by atoms with Crippen molar-refractivity contribution in [3.63, 3.8) is 0 Å². The molecule has 3 amide bonds. The summed E-state index contributed by atoms with van der Waals surface area (Å²) in [5.74, 6) is 0.782. The van der Waals surface area contributed by atoms with Crippen molar-refractivity contribution in [2.45, 2.75) is 27.7 Å². The number of imide groups is 1. The summed E-state index contributed by atoms with van der Waals surface area (Å²) in [6.45, 7) is 8.09. The summed E-state index contributed by atoms with van der Waals surface area (Å²) in [6, 6.07) is 16.2. The molecule has 0 unspecified atom stereocenters. The fourth-order valence-electron chi connectivity index (χ4n) is 3.97. The van der Waals surface area contributed by atoms with E-state index in [1.54, 1.807) is 36.4 Å². The minimum atomic E-state index is -0.379. The van der Waals surface area contributed by atoms with Gasteiger partial charge in [0.1, 0.15) is 12.4 Å². The lowest BCUT2D eigenvalue weighted by atomic mass is 10.1. The Bertz CT molecular complexity index is 1510. The van der Waals surface area contributed by atoms with Crippen molar-refractivity contribution >= 4 is 52.2 Å². The largest absolute Gasteiger partial charge is 0.491 e. The third kappa shape index (κ3) is 7.83. The van der Waals surface area contributed by atoms with Crippen LogP contribution in [0.2, 0.25) is 5.02 Å². The van der Waals surface area contributed by atoms with Crippen molar-refractivity contribution in [1.82, 2.24) is 4.90 Å². The molecule has 3 aromatic carbocycles. The zero-order valence-corrected chi connectivity index (χ0v) is 24.9. The molecule has 1 saturated heterocycles. The molecule has 0 aliphatic carbocycles. The molecule has 1 fully saturated rings. The first kappa shape index (κ1) is 30.0. The number of nitrogens with one attached hydrogen (secondary N) is 1. The molecule has 0 radical (unpaired) electrons. The van der Waals surface area contributed by atoms with Gasteiger partial charge in [-0.05, 0) is 98.1 Å². The molecule has 1 aliphatic heterocycles. The SMILES string of the molecule is CCOc1cc(/C=C2\SC(=O)N(CCOc3cc(C)ccc3C)C2=O)ccc1OCC(=O)Nc1ccc(C)c(Cl)c1. The number of aryl methyl sites for hydroxylation is 3. The molecule has 41 heavy (non-hydrogen) atoms. The quantitative estimate of drug-likeness (QED) is 0.244. The highest BCUT2D eigenvalue weighted by molar-refractivity contribution is 8.18. The smallest absolute Gasteiger partial charge is 0.293 e. The molecule has 1 N–H and O–H groups in total. The molecule has 10 heteroatoms. The number of anilines is 1. The number of benzene rings is 3. The maximum atomic E-state index is 13.0. The van der Waals surface area contributed by atoms with Crippen LogP contribution < -0.4 is 19.5 Å². The van der Waals surface area contributed by atoms with Gasteiger partial charge < -0.3 is 19.5 Å². The lowest BCUT2D eigenvalue weighted by Gasteiger charge is -2.15. The monoisotopic (exact) mass is 594 g/mol. The van der Waals surface area contributed by atoms with Crippen LogP contribution in [0.3, 0.4) is 0 Å². The fourth-order valence-corrected chi connectivity index (χ4v) is 5.01. The van der Waals surface area contributed by atoms with E-state index < -0.39 is 0 Å². The Kier molecular flexibility index (Phi) is 9.96. The number of ether oxygens (including phenoxy) is 3. The Morgan fingerprint density at radius 3 is 2.46 bits per heavy atom. The van der Waals surface area contributed by atoms with E-state index in [4.69, 9.17) is 25.8 Å². The molecule has 0 atom stereocenters. The van der Waals surface area contributed by atoms with Crippen LogP contribution in [-0.4, -0.2) is 48.3 Å². The lowest BCUT2D eigenvalue weighted by Crippen LogP contribution is -2.32. The molecule has 1 heterocycles. The Hall–Kier alpha value is -3.95. The van der Waals surface area contributed by atoms with E-state index in [0.717, 1.165) is 34.2 Å². The van der Waals surface area contributed by atoms with Crippen molar-refractivity contribution < 1.29 is 28.6 Å². The number of amides is 3. The maximum absolute atomic E-state index is 13.0. The van der Waals surface area contributed by atoms with Crippen molar-refractivity contribution in [3.05, 3.63) is 86.8 Å². The van der Waals surface area contributed by atoms with Gasteiger partial charge in [0, 0.05) is 10.7 Å². The van der Waals surface area contributed by atoms with Crippen LogP contribution in [0.5, 0.6) is 17.2 Å². The van der Waals surface area contributed by atoms with Crippen LogP contribution in [0, 0.1) is 20.8 Å². The topological polar surface area (TPSA) is 94.2 Å². The molecule has 214 valence electrons. The highest BCUT2D eigenvalue weighted by Gasteiger charge is 2.34. The summed E-state index contributed by atoms with van der Waals surface area (Å²) in [6.07, 6.45) is 1.64. The van der Waals surface area contributed by atoms with E-state index in [1.807, 2.05) is 52.0 Å². The van der Waals surface area contributed by atoms with E-state index >= 15 is 0 Å². The van der Waals surface area contributed by atoms with Crippen molar-refractivity contribution in [2.24, 2.45) is 0 Å². The Balaban J connectivity index is 1.38. The maximum Gasteiger partial charge on any atom is 0.293 e.